The molecule has 3 aromatic rings. The van der Waals surface area contributed by atoms with Crippen molar-refractivity contribution in [2.45, 2.75) is 31.0 Å². The van der Waals surface area contributed by atoms with Gasteiger partial charge in [-0.2, -0.15) is 4.31 Å². The van der Waals surface area contributed by atoms with Crippen LogP contribution in [-0.4, -0.2) is 59.3 Å². The monoisotopic (exact) mass is 433 g/mol. The minimum absolute atomic E-state index is 0.0678. The second kappa shape index (κ2) is 7.97. The number of aromatic nitrogens is 3. The summed E-state index contributed by atoms with van der Waals surface area (Å²) in [7, 11) is -3.69. The fraction of sp³-hybridized carbons (Fsp3) is 0.333. The van der Waals surface area contributed by atoms with Gasteiger partial charge in [-0.15, -0.1) is 5.10 Å². The molecule has 0 aliphatic carbocycles. The van der Waals surface area contributed by atoms with Crippen LogP contribution in [0.4, 0.5) is 6.01 Å². The van der Waals surface area contributed by atoms with Crippen LogP contribution < -0.4 is 5.32 Å². The molecule has 1 aromatic carbocycles. The fourth-order valence-electron chi connectivity index (χ4n) is 3.12. The molecule has 1 saturated heterocycles. The zero-order valence-electron chi connectivity index (χ0n) is 16.2. The molecule has 4 rings (SSSR count). The summed E-state index contributed by atoms with van der Waals surface area (Å²) in [5.74, 6) is -0.192. The van der Waals surface area contributed by atoms with Crippen LogP contribution in [0.3, 0.4) is 0 Å². The van der Waals surface area contributed by atoms with Gasteiger partial charge in [-0.25, -0.2) is 8.42 Å². The molecule has 2 aromatic heterocycles. The zero-order chi connectivity index (χ0) is 21.3. The van der Waals surface area contributed by atoms with Crippen molar-refractivity contribution >= 4 is 21.9 Å². The Labute approximate surface area is 172 Å². The summed E-state index contributed by atoms with van der Waals surface area (Å²) in [6, 6.07) is 7.03. The van der Waals surface area contributed by atoms with E-state index in [1.165, 1.54) is 40.8 Å². The summed E-state index contributed by atoms with van der Waals surface area (Å²) < 4.78 is 43.0. The molecule has 1 aliphatic rings. The van der Waals surface area contributed by atoms with Crippen molar-refractivity contribution in [3.05, 3.63) is 42.1 Å². The Kier molecular flexibility index (Phi) is 5.37. The van der Waals surface area contributed by atoms with Gasteiger partial charge < -0.3 is 13.7 Å². The Morgan fingerprint density at radius 1 is 1.10 bits per heavy atom. The van der Waals surface area contributed by atoms with Crippen molar-refractivity contribution in [1.29, 1.82) is 0 Å². The fourth-order valence-corrected chi connectivity index (χ4v) is 4.71. The van der Waals surface area contributed by atoms with Gasteiger partial charge in [0.25, 0.3) is 11.8 Å². The molecule has 0 unspecified atom stereocenters. The topological polar surface area (TPSA) is 141 Å². The predicted octanol–water partition coefficient (Wildman–Crippen LogP) is 1.77. The molecule has 30 heavy (non-hydrogen) atoms. The lowest BCUT2D eigenvalue weighted by Gasteiger charge is -2.34. The molecule has 158 valence electrons. The van der Waals surface area contributed by atoms with E-state index in [0.717, 1.165) is 0 Å². The first kappa shape index (κ1) is 20.2. The van der Waals surface area contributed by atoms with Crippen LogP contribution >= 0.6 is 0 Å². The highest BCUT2D eigenvalue weighted by atomic mass is 32.2. The van der Waals surface area contributed by atoms with Crippen molar-refractivity contribution in [3.63, 3.8) is 0 Å². The Morgan fingerprint density at radius 2 is 1.80 bits per heavy atom. The highest BCUT2D eigenvalue weighted by Gasteiger charge is 2.32. The van der Waals surface area contributed by atoms with Crippen molar-refractivity contribution < 1.29 is 26.9 Å². The third kappa shape index (κ3) is 4.10. The lowest BCUT2D eigenvalue weighted by molar-refractivity contribution is -0.0440. The van der Waals surface area contributed by atoms with E-state index in [1.54, 1.807) is 0 Å². The maximum Gasteiger partial charge on any atom is 0.322 e. The van der Waals surface area contributed by atoms with Crippen molar-refractivity contribution in [2.75, 3.05) is 18.4 Å². The number of sulfonamides is 1. The van der Waals surface area contributed by atoms with Crippen LogP contribution in [0.2, 0.25) is 0 Å². The first-order valence-electron chi connectivity index (χ1n) is 9.14. The second-order valence-corrected chi connectivity index (χ2v) is 8.78. The number of amides is 1. The molecule has 1 fully saturated rings. The number of morpholine rings is 1. The molecule has 2 atom stereocenters. The van der Waals surface area contributed by atoms with Gasteiger partial charge in [0.05, 0.1) is 23.3 Å². The highest BCUT2D eigenvalue weighted by molar-refractivity contribution is 7.89. The second-order valence-electron chi connectivity index (χ2n) is 6.85. The molecular formula is C18H19N5O6S. The van der Waals surface area contributed by atoms with Gasteiger partial charge in [0.1, 0.15) is 0 Å². The number of hydrogen-bond acceptors (Lipinski definition) is 9. The van der Waals surface area contributed by atoms with E-state index >= 15 is 0 Å². The number of rotatable bonds is 5. The molecule has 1 N–H and O–H groups in total. The van der Waals surface area contributed by atoms with Crippen molar-refractivity contribution in [2.24, 2.45) is 0 Å². The molecule has 1 amide bonds. The van der Waals surface area contributed by atoms with Gasteiger partial charge in [0.2, 0.25) is 15.8 Å². The summed E-state index contributed by atoms with van der Waals surface area (Å²) in [4.78, 5) is 12.5. The van der Waals surface area contributed by atoms with E-state index in [0.29, 0.717) is 0 Å². The van der Waals surface area contributed by atoms with Crippen LogP contribution in [0.1, 0.15) is 24.2 Å². The third-order valence-electron chi connectivity index (χ3n) is 4.43. The van der Waals surface area contributed by atoms with Crippen LogP contribution in [-0.2, 0) is 14.8 Å². The Bertz CT molecular complexity index is 1120. The summed E-state index contributed by atoms with van der Waals surface area (Å²) in [5.41, 5.74) is 0.233. The average Bonchev–Trinajstić information content (AvgIpc) is 3.39. The van der Waals surface area contributed by atoms with E-state index in [9.17, 15) is 13.2 Å². The van der Waals surface area contributed by atoms with Crippen molar-refractivity contribution in [1.82, 2.24) is 19.7 Å². The standard InChI is InChI=1S/C18H19N5O6S/c1-11-9-23(10-12(2)27-11)30(25,26)14-5-3-13(4-6-14)16(24)20-18-22-21-17(28-18)15-7-8-19-29-15/h3-8,11-12H,9-10H2,1-2H3,(H,20,22,24)/t11-,12-/m1/s1. The maximum atomic E-state index is 12.9. The first-order valence-corrected chi connectivity index (χ1v) is 10.6. The lowest BCUT2D eigenvalue weighted by Crippen LogP contribution is -2.48. The maximum absolute atomic E-state index is 12.9. The normalized spacial score (nSPS) is 20.2. The molecule has 11 nitrogen and oxygen atoms in total. The smallest absolute Gasteiger partial charge is 0.322 e. The molecule has 12 heteroatoms. The Hall–Kier alpha value is -3.09. The van der Waals surface area contributed by atoms with Crippen LogP contribution in [0, 0.1) is 0 Å². The van der Waals surface area contributed by atoms with E-state index < -0.39 is 15.9 Å². The minimum atomic E-state index is -3.69. The van der Waals surface area contributed by atoms with Crippen molar-refractivity contribution in [3.8, 4) is 11.7 Å². The number of anilines is 1. The van der Waals surface area contributed by atoms with Gasteiger partial charge in [0.15, 0.2) is 0 Å². The SMILES string of the molecule is C[C@@H]1CN(S(=O)(=O)c2ccc(C(=O)Nc3nnc(-c4ccno4)o3)cc2)C[C@@H](C)O1. The van der Waals surface area contributed by atoms with Gasteiger partial charge >= 0.3 is 6.01 Å². The van der Waals surface area contributed by atoms with Crippen LogP contribution in [0.5, 0.6) is 0 Å². The van der Waals surface area contributed by atoms with Gasteiger partial charge in [-0.3, -0.25) is 10.1 Å². The van der Waals surface area contributed by atoms with Gasteiger partial charge in [0, 0.05) is 24.7 Å². The highest BCUT2D eigenvalue weighted by Crippen LogP contribution is 2.22. The van der Waals surface area contributed by atoms with E-state index in [4.69, 9.17) is 13.7 Å². The summed E-state index contributed by atoms with van der Waals surface area (Å²) in [6.07, 6.45) is 1.04. The number of benzene rings is 1. The molecule has 0 spiro atoms. The van der Waals surface area contributed by atoms with Gasteiger partial charge in [-0.1, -0.05) is 10.3 Å². The molecular weight excluding hydrogens is 414 g/mol. The quantitative estimate of drug-likeness (QED) is 0.637. The summed E-state index contributed by atoms with van der Waals surface area (Å²) in [6.45, 7) is 4.22. The zero-order valence-corrected chi connectivity index (χ0v) is 17.0. The summed E-state index contributed by atoms with van der Waals surface area (Å²) in [5, 5.41) is 13.5. The summed E-state index contributed by atoms with van der Waals surface area (Å²) >= 11 is 0. The van der Waals surface area contributed by atoms with Crippen LogP contribution in [0.25, 0.3) is 11.7 Å². The minimum Gasteiger partial charge on any atom is -0.400 e. The number of nitrogens with one attached hydrogen (secondary N) is 1. The van der Waals surface area contributed by atoms with Crippen LogP contribution in [0.15, 0.2) is 50.4 Å². The Balaban J connectivity index is 1.46. The van der Waals surface area contributed by atoms with E-state index in [-0.39, 0.29) is 53.4 Å². The van der Waals surface area contributed by atoms with E-state index in [1.807, 2.05) is 13.8 Å². The lowest BCUT2D eigenvalue weighted by atomic mass is 10.2. The molecule has 3 heterocycles. The third-order valence-corrected chi connectivity index (χ3v) is 6.28. The predicted molar refractivity (Wildman–Crippen MR) is 103 cm³/mol. The van der Waals surface area contributed by atoms with E-state index in [2.05, 4.69) is 20.7 Å². The van der Waals surface area contributed by atoms with Gasteiger partial charge in [-0.05, 0) is 38.1 Å². The average molecular weight is 433 g/mol. The number of carbonyl (C=O) groups is 1. The molecule has 1 aliphatic heterocycles. The number of hydrogen-bond donors (Lipinski definition) is 1. The number of ether oxygens (including phenoxy) is 1. The molecule has 0 bridgehead atoms. The Morgan fingerprint density at radius 3 is 2.43 bits per heavy atom. The molecule has 0 saturated carbocycles. The number of carbonyl (C=O) groups excluding carboxylic acids is 1. The first-order chi connectivity index (χ1) is 14.3. The molecule has 0 radical (unpaired) electrons. The largest absolute Gasteiger partial charge is 0.400 e. The number of nitrogens with zero attached hydrogens (tertiary/aromatic N) is 4.